The predicted molar refractivity (Wildman–Crippen MR) is 93.0 cm³/mol. The maximum atomic E-state index is 13.2. The van der Waals surface area contributed by atoms with Gasteiger partial charge in [0.05, 0.1) is 5.56 Å². The zero-order chi connectivity index (χ0) is 18.7. The zero-order valence-corrected chi connectivity index (χ0v) is 13.8. The van der Waals surface area contributed by atoms with Gasteiger partial charge < -0.3 is 10.3 Å². The zero-order valence-electron chi connectivity index (χ0n) is 13.8. The maximum Gasteiger partial charge on any atom is 0.416 e. The first-order valence-electron chi connectivity index (χ1n) is 7.93. The van der Waals surface area contributed by atoms with Crippen LogP contribution < -0.4 is 5.73 Å². The lowest BCUT2D eigenvalue weighted by Gasteiger charge is -2.14. The van der Waals surface area contributed by atoms with Gasteiger partial charge in [0.15, 0.2) is 0 Å². The highest BCUT2D eigenvalue weighted by atomic mass is 19.4. The molecular formula is C19H17F3N4. The van der Waals surface area contributed by atoms with Crippen molar-refractivity contribution in [3.8, 4) is 0 Å². The van der Waals surface area contributed by atoms with E-state index in [9.17, 15) is 13.2 Å². The quantitative estimate of drug-likeness (QED) is 0.538. The molecule has 0 spiro atoms. The number of hydrogen-bond acceptors (Lipinski definition) is 2. The van der Waals surface area contributed by atoms with Crippen molar-refractivity contribution in [3.05, 3.63) is 89.0 Å². The van der Waals surface area contributed by atoms with Crippen LogP contribution in [-0.4, -0.2) is 15.4 Å². The molecule has 0 unspecified atom stereocenters. The van der Waals surface area contributed by atoms with E-state index in [0.29, 0.717) is 17.9 Å². The molecule has 0 atom stereocenters. The summed E-state index contributed by atoms with van der Waals surface area (Å²) in [5, 5.41) is 7.51. The number of imidazole rings is 1. The van der Waals surface area contributed by atoms with E-state index in [2.05, 4.69) is 4.98 Å². The van der Waals surface area contributed by atoms with E-state index in [1.807, 2.05) is 6.07 Å². The van der Waals surface area contributed by atoms with E-state index >= 15 is 0 Å². The molecule has 1 aromatic heterocycles. The number of halogens is 3. The molecule has 3 rings (SSSR count). The van der Waals surface area contributed by atoms with Gasteiger partial charge in [0.1, 0.15) is 11.7 Å². The van der Waals surface area contributed by atoms with Crippen molar-refractivity contribution < 1.29 is 13.2 Å². The normalized spacial score (nSPS) is 11.5. The third kappa shape index (κ3) is 3.93. The largest absolute Gasteiger partial charge is 0.416 e. The minimum Gasteiger partial charge on any atom is -0.384 e. The second kappa shape index (κ2) is 7.03. The first-order chi connectivity index (χ1) is 12.3. The third-order valence-corrected chi connectivity index (χ3v) is 4.06. The lowest BCUT2D eigenvalue weighted by atomic mass is 10.0. The molecule has 4 nitrogen and oxygen atoms in total. The summed E-state index contributed by atoms with van der Waals surface area (Å²) in [6.45, 7) is 0.435. The molecule has 2 aromatic carbocycles. The van der Waals surface area contributed by atoms with Crippen molar-refractivity contribution in [2.24, 2.45) is 5.73 Å². The summed E-state index contributed by atoms with van der Waals surface area (Å²) in [4.78, 5) is 4.22. The summed E-state index contributed by atoms with van der Waals surface area (Å²) < 4.78 is 41.4. The Hall–Kier alpha value is -3.09. The number of nitrogens with two attached hydrogens (primary N) is 1. The fraction of sp³-hybridized carbons (Fsp3) is 0.158. The summed E-state index contributed by atoms with van der Waals surface area (Å²) in [5.74, 6) is 0.506. The molecule has 7 heteroatoms. The van der Waals surface area contributed by atoms with Crippen LogP contribution in [0, 0.1) is 5.41 Å². The molecule has 0 aliphatic carbocycles. The van der Waals surface area contributed by atoms with Crippen molar-refractivity contribution in [1.29, 1.82) is 5.41 Å². The summed E-state index contributed by atoms with van der Waals surface area (Å²) in [6, 6.07) is 12.7. The number of nitrogens with zero attached hydrogens (tertiary/aromatic N) is 2. The Morgan fingerprint density at radius 2 is 1.88 bits per heavy atom. The summed E-state index contributed by atoms with van der Waals surface area (Å²) in [6.07, 6.45) is -1.02. The Bertz CT molecular complexity index is 928. The van der Waals surface area contributed by atoms with Gasteiger partial charge in [0, 0.05) is 30.9 Å². The smallest absolute Gasteiger partial charge is 0.384 e. The van der Waals surface area contributed by atoms with Gasteiger partial charge in [-0.25, -0.2) is 4.98 Å². The number of hydrogen-bond donors (Lipinski definition) is 2. The average molecular weight is 358 g/mol. The highest BCUT2D eigenvalue weighted by Gasteiger charge is 2.33. The molecule has 0 aliphatic heterocycles. The lowest BCUT2D eigenvalue weighted by molar-refractivity contribution is -0.138. The number of rotatable bonds is 5. The molecule has 0 fully saturated rings. The van der Waals surface area contributed by atoms with Gasteiger partial charge in [0.2, 0.25) is 0 Å². The number of alkyl halides is 3. The second-order valence-electron chi connectivity index (χ2n) is 5.92. The number of benzene rings is 2. The minimum atomic E-state index is -4.40. The maximum absolute atomic E-state index is 13.2. The van der Waals surface area contributed by atoms with Crippen LogP contribution >= 0.6 is 0 Å². The monoisotopic (exact) mass is 358 g/mol. The molecule has 0 amide bonds. The van der Waals surface area contributed by atoms with Crippen LogP contribution in [-0.2, 0) is 19.1 Å². The molecule has 26 heavy (non-hydrogen) atoms. The molecule has 0 bridgehead atoms. The Balaban J connectivity index is 1.87. The molecule has 0 saturated heterocycles. The van der Waals surface area contributed by atoms with Crippen molar-refractivity contribution in [3.63, 3.8) is 0 Å². The average Bonchev–Trinajstić information content (AvgIpc) is 3.01. The standard InChI is InChI=1S/C19H17F3N4/c20-19(21,22)16-7-2-1-5-14(16)11-17-25-8-9-26(17)12-13-4-3-6-15(10-13)18(23)24/h1-10H,11-12H2,(H3,23,24). The lowest BCUT2D eigenvalue weighted by Crippen LogP contribution is -2.13. The Labute approximate surface area is 148 Å². The number of aromatic nitrogens is 2. The van der Waals surface area contributed by atoms with E-state index in [1.54, 1.807) is 41.2 Å². The van der Waals surface area contributed by atoms with Gasteiger partial charge in [-0.1, -0.05) is 36.4 Å². The van der Waals surface area contributed by atoms with E-state index in [1.165, 1.54) is 12.1 Å². The number of nitrogen functional groups attached to an aromatic ring is 1. The van der Waals surface area contributed by atoms with Gasteiger partial charge in [-0.2, -0.15) is 13.2 Å². The van der Waals surface area contributed by atoms with E-state index in [0.717, 1.165) is 11.6 Å². The van der Waals surface area contributed by atoms with Crippen LogP contribution in [0.2, 0.25) is 0 Å². The number of amidine groups is 1. The molecular weight excluding hydrogens is 341 g/mol. The number of nitrogens with one attached hydrogen (secondary N) is 1. The first kappa shape index (κ1) is 17.7. The topological polar surface area (TPSA) is 67.7 Å². The van der Waals surface area contributed by atoms with Crippen molar-refractivity contribution in [2.45, 2.75) is 19.1 Å². The van der Waals surface area contributed by atoms with Crippen molar-refractivity contribution in [2.75, 3.05) is 0 Å². The molecule has 1 heterocycles. The van der Waals surface area contributed by atoms with Gasteiger partial charge in [-0.05, 0) is 23.3 Å². The molecule has 0 radical (unpaired) electrons. The SMILES string of the molecule is N=C(N)c1cccc(Cn2ccnc2Cc2ccccc2C(F)(F)F)c1. The molecule has 3 aromatic rings. The van der Waals surface area contributed by atoms with Gasteiger partial charge in [-0.15, -0.1) is 0 Å². The van der Waals surface area contributed by atoms with Gasteiger partial charge in [0.25, 0.3) is 0 Å². The predicted octanol–water partition coefficient (Wildman–Crippen LogP) is 3.83. The fourth-order valence-electron chi connectivity index (χ4n) is 2.81. The molecule has 0 aliphatic rings. The minimum absolute atomic E-state index is 0.0307. The highest BCUT2D eigenvalue weighted by molar-refractivity contribution is 5.95. The van der Waals surface area contributed by atoms with Crippen LogP contribution in [0.25, 0.3) is 0 Å². The summed E-state index contributed by atoms with van der Waals surface area (Å²) in [5.41, 5.74) is 6.54. The molecule has 134 valence electrons. The molecule has 3 N–H and O–H groups in total. The second-order valence-corrected chi connectivity index (χ2v) is 5.92. The summed E-state index contributed by atoms with van der Waals surface area (Å²) >= 11 is 0. The van der Waals surface area contributed by atoms with Crippen LogP contribution in [0.3, 0.4) is 0 Å². The van der Waals surface area contributed by atoms with Crippen molar-refractivity contribution >= 4 is 5.84 Å². The third-order valence-electron chi connectivity index (χ3n) is 4.06. The van der Waals surface area contributed by atoms with Crippen LogP contribution in [0.15, 0.2) is 60.9 Å². The van der Waals surface area contributed by atoms with Crippen LogP contribution in [0.1, 0.15) is 28.1 Å². The Morgan fingerprint density at radius 3 is 2.62 bits per heavy atom. The van der Waals surface area contributed by atoms with Crippen molar-refractivity contribution in [1.82, 2.24) is 9.55 Å². The van der Waals surface area contributed by atoms with Crippen LogP contribution in [0.4, 0.5) is 13.2 Å². The Kier molecular flexibility index (Phi) is 4.79. The van der Waals surface area contributed by atoms with Gasteiger partial charge in [-0.3, -0.25) is 5.41 Å². The first-order valence-corrected chi connectivity index (χ1v) is 7.93. The summed E-state index contributed by atoms with van der Waals surface area (Å²) in [7, 11) is 0. The molecule has 0 saturated carbocycles. The fourth-order valence-corrected chi connectivity index (χ4v) is 2.81. The Morgan fingerprint density at radius 1 is 1.12 bits per heavy atom. The van der Waals surface area contributed by atoms with E-state index < -0.39 is 11.7 Å². The van der Waals surface area contributed by atoms with E-state index in [-0.39, 0.29) is 17.8 Å². The van der Waals surface area contributed by atoms with Crippen LogP contribution in [0.5, 0.6) is 0 Å². The van der Waals surface area contributed by atoms with Gasteiger partial charge >= 0.3 is 6.18 Å². The van der Waals surface area contributed by atoms with E-state index in [4.69, 9.17) is 11.1 Å². The highest BCUT2D eigenvalue weighted by Crippen LogP contribution is 2.32.